The van der Waals surface area contributed by atoms with Gasteiger partial charge in [-0.2, -0.15) is 0 Å². The van der Waals surface area contributed by atoms with E-state index in [4.69, 9.17) is 11.8 Å². The van der Waals surface area contributed by atoms with Gasteiger partial charge in [0.05, 0.1) is 7.11 Å². The van der Waals surface area contributed by atoms with Gasteiger partial charge in [0.15, 0.2) is 0 Å². The molecular weight excluding hydrogens is 142 g/mol. The van der Waals surface area contributed by atoms with Gasteiger partial charge < -0.3 is 4.74 Å². The van der Waals surface area contributed by atoms with Gasteiger partial charge in [-0.1, -0.05) is 0 Å². The second-order valence-electron chi connectivity index (χ2n) is 2.03. The monoisotopic (exact) mass is 153 g/mol. The van der Waals surface area contributed by atoms with Crippen LogP contribution >= 0.6 is 0 Å². The van der Waals surface area contributed by atoms with Crippen molar-refractivity contribution in [3.63, 3.8) is 0 Å². The molecule has 0 unspecified atom stereocenters. The van der Waals surface area contributed by atoms with Gasteiger partial charge in [-0.3, -0.25) is 5.41 Å². The first-order chi connectivity index (χ1) is 5.22. The number of carbonyl (C=O) groups excluding carboxylic acids is 1. The van der Waals surface area contributed by atoms with E-state index < -0.39 is 5.97 Å². The molecule has 0 heterocycles. The second-order valence-corrected chi connectivity index (χ2v) is 2.03. The van der Waals surface area contributed by atoms with Crippen LogP contribution < -0.4 is 0 Å². The van der Waals surface area contributed by atoms with Crippen LogP contribution in [0.5, 0.6) is 0 Å². The number of unbranched alkanes of at least 4 members (excludes halogenated alkanes) is 1. The normalized spacial score (nSPS) is 8.36. The van der Waals surface area contributed by atoms with Gasteiger partial charge in [-0.05, 0) is 12.8 Å². The van der Waals surface area contributed by atoms with E-state index in [1.165, 1.54) is 7.11 Å². The fourth-order valence-corrected chi connectivity index (χ4v) is 0.592. The molecule has 0 bridgehead atoms. The summed E-state index contributed by atoms with van der Waals surface area (Å²) in [5.74, 6) is 1.86. The minimum atomic E-state index is -0.568. The molecule has 0 aliphatic carbocycles. The minimum Gasteiger partial charge on any atom is -0.465 e. The van der Waals surface area contributed by atoms with Gasteiger partial charge in [0.1, 0.15) is 5.71 Å². The molecule has 0 radical (unpaired) electrons. The molecule has 3 nitrogen and oxygen atoms in total. The minimum absolute atomic E-state index is 0.0113. The van der Waals surface area contributed by atoms with Crippen molar-refractivity contribution in [2.75, 3.05) is 7.11 Å². The van der Waals surface area contributed by atoms with E-state index in [-0.39, 0.29) is 5.71 Å². The predicted octanol–water partition coefficient (Wildman–Crippen LogP) is 0.983. The fourth-order valence-electron chi connectivity index (χ4n) is 0.592. The van der Waals surface area contributed by atoms with Crippen molar-refractivity contribution in [2.24, 2.45) is 0 Å². The Kier molecular flexibility index (Phi) is 4.83. The predicted molar refractivity (Wildman–Crippen MR) is 42.4 cm³/mol. The maximum Gasteiger partial charge on any atom is 0.351 e. The molecule has 0 amide bonds. The molecule has 11 heavy (non-hydrogen) atoms. The Morgan fingerprint density at radius 2 is 2.36 bits per heavy atom. The lowest BCUT2D eigenvalue weighted by atomic mass is 10.2. The molecular formula is C8H11NO2. The largest absolute Gasteiger partial charge is 0.465 e. The lowest BCUT2D eigenvalue weighted by molar-refractivity contribution is -0.132. The summed E-state index contributed by atoms with van der Waals surface area (Å²) in [6, 6.07) is 0. The van der Waals surface area contributed by atoms with Gasteiger partial charge in [-0.25, -0.2) is 4.79 Å². The summed E-state index contributed by atoms with van der Waals surface area (Å²) in [6.07, 6.45) is 6.65. The van der Waals surface area contributed by atoms with E-state index in [0.717, 1.165) is 0 Å². The van der Waals surface area contributed by atoms with Crippen molar-refractivity contribution in [3.8, 4) is 12.3 Å². The Labute approximate surface area is 66.3 Å². The Balaban J connectivity index is 3.54. The second kappa shape index (κ2) is 5.48. The average molecular weight is 153 g/mol. The highest BCUT2D eigenvalue weighted by Crippen LogP contribution is 1.96. The molecule has 0 spiro atoms. The number of esters is 1. The summed E-state index contributed by atoms with van der Waals surface area (Å²) in [4.78, 5) is 10.6. The number of nitrogens with one attached hydrogen (secondary N) is 1. The Hall–Kier alpha value is -1.30. The zero-order valence-electron chi connectivity index (χ0n) is 6.52. The highest BCUT2D eigenvalue weighted by molar-refractivity contribution is 6.34. The van der Waals surface area contributed by atoms with Crippen LogP contribution in [0.4, 0.5) is 0 Å². The van der Waals surface area contributed by atoms with Gasteiger partial charge in [0.2, 0.25) is 0 Å². The lowest BCUT2D eigenvalue weighted by Gasteiger charge is -1.98. The van der Waals surface area contributed by atoms with Gasteiger partial charge in [-0.15, -0.1) is 12.3 Å². The smallest absolute Gasteiger partial charge is 0.351 e. The highest BCUT2D eigenvalue weighted by atomic mass is 16.5. The number of hydrogen-bond donors (Lipinski definition) is 1. The molecule has 3 heteroatoms. The maximum atomic E-state index is 10.6. The van der Waals surface area contributed by atoms with Gasteiger partial charge in [0.25, 0.3) is 0 Å². The standard InChI is InChI=1S/C8H11NO2/c1-3-4-5-6-7(9)8(10)11-2/h1,9H,4-6H2,2H3. The first kappa shape index (κ1) is 9.70. The summed E-state index contributed by atoms with van der Waals surface area (Å²) in [7, 11) is 1.26. The fraction of sp³-hybridized carbons (Fsp3) is 0.500. The van der Waals surface area contributed by atoms with Crippen LogP contribution in [0.2, 0.25) is 0 Å². The summed E-state index contributed by atoms with van der Waals surface area (Å²) in [5.41, 5.74) is -0.0113. The maximum absolute atomic E-state index is 10.6. The van der Waals surface area contributed by atoms with Crippen LogP contribution in [-0.2, 0) is 9.53 Å². The van der Waals surface area contributed by atoms with Crippen molar-refractivity contribution in [3.05, 3.63) is 0 Å². The van der Waals surface area contributed by atoms with Crippen LogP contribution in [0.15, 0.2) is 0 Å². The third kappa shape index (κ3) is 4.15. The first-order valence-electron chi connectivity index (χ1n) is 3.31. The molecule has 0 aliphatic rings. The molecule has 0 saturated carbocycles. The van der Waals surface area contributed by atoms with E-state index in [2.05, 4.69) is 10.7 Å². The van der Waals surface area contributed by atoms with Crippen LogP contribution in [0.3, 0.4) is 0 Å². The van der Waals surface area contributed by atoms with Crippen molar-refractivity contribution in [1.82, 2.24) is 0 Å². The van der Waals surface area contributed by atoms with E-state index in [1.807, 2.05) is 0 Å². The zero-order chi connectivity index (χ0) is 8.69. The topological polar surface area (TPSA) is 50.2 Å². The van der Waals surface area contributed by atoms with E-state index in [0.29, 0.717) is 19.3 Å². The summed E-state index contributed by atoms with van der Waals surface area (Å²) < 4.78 is 4.33. The Morgan fingerprint density at radius 3 is 2.82 bits per heavy atom. The number of hydrogen-bond acceptors (Lipinski definition) is 3. The van der Waals surface area contributed by atoms with Crippen LogP contribution in [-0.4, -0.2) is 18.8 Å². The van der Waals surface area contributed by atoms with Crippen molar-refractivity contribution in [1.29, 1.82) is 5.41 Å². The quantitative estimate of drug-likeness (QED) is 0.283. The zero-order valence-corrected chi connectivity index (χ0v) is 6.52. The van der Waals surface area contributed by atoms with Crippen molar-refractivity contribution in [2.45, 2.75) is 19.3 Å². The molecule has 0 atom stereocenters. The lowest BCUT2D eigenvalue weighted by Crippen LogP contribution is -2.13. The summed E-state index contributed by atoms with van der Waals surface area (Å²) in [5, 5.41) is 7.13. The number of ether oxygens (including phenoxy) is 1. The van der Waals surface area contributed by atoms with Crippen LogP contribution in [0.25, 0.3) is 0 Å². The average Bonchev–Trinajstić information content (AvgIpc) is 2.03. The van der Waals surface area contributed by atoms with Gasteiger partial charge >= 0.3 is 5.97 Å². The van der Waals surface area contributed by atoms with E-state index >= 15 is 0 Å². The Morgan fingerprint density at radius 1 is 1.73 bits per heavy atom. The summed E-state index contributed by atoms with van der Waals surface area (Å²) >= 11 is 0. The van der Waals surface area contributed by atoms with Gasteiger partial charge in [0, 0.05) is 6.42 Å². The number of methoxy groups -OCH3 is 1. The van der Waals surface area contributed by atoms with Crippen molar-refractivity contribution < 1.29 is 9.53 Å². The molecule has 1 N–H and O–H groups in total. The summed E-state index contributed by atoms with van der Waals surface area (Å²) in [6.45, 7) is 0. The highest BCUT2D eigenvalue weighted by Gasteiger charge is 2.06. The molecule has 60 valence electrons. The SMILES string of the molecule is C#CCCCC(=N)C(=O)OC. The molecule has 0 aromatic heterocycles. The third-order valence-corrected chi connectivity index (χ3v) is 1.18. The molecule has 0 aromatic rings. The van der Waals surface area contributed by atoms with E-state index in [1.54, 1.807) is 0 Å². The van der Waals surface area contributed by atoms with Crippen LogP contribution in [0, 0.1) is 17.8 Å². The number of rotatable bonds is 4. The number of terminal acetylenes is 1. The molecule has 0 saturated heterocycles. The molecule has 0 aliphatic heterocycles. The molecule has 0 rings (SSSR count). The van der Waals surface area contributed by atoms with Crippen molar-refractivity contribution >= 4 is 11.7 Å². The third-order valence-electron chi connectivity index (χ3n) is 1.18. The molecule has 0 fully saturated rings. The Bertz CT molecular complexity index is 191. The first-order valence-corrected chi connectivity index (χ1v) is 3.31. The van der Waals surface area contributed by atoms with E-state index in [9.17, 15) is 4.79 Å². The molecule has 0 aromatic carbocycles. The van der Waals surface area contributed by atoms with Crippen LogP contribution in [0.1, 0.15) is 19.3 Å². The number of carbonyl (C=O) groups is 1.